The predicted octanol–water partition coefficient (Wildman–Crippen LogP) is 1.68. The highest BCUT2D eigenvalue weighted by Crippen LogP contribution is 2.36. The van der Waals surface area contributed by atoms with Crippen LogP contribution in [0.25, 0.3) is 0 Å². The van der Waals surface area contributed by atoms with E-state index in [1.807, 2.05) is 0 Å². The molecule has 2 heterocycles. The standard InChI is InChI=1S/C7H7F3N2O/c8-7(9,10)5-4-11-12-2-1-3-13-6(5)12/h4H,1-3H2. The van der Waals surface area contributed by atoms with Crippen LogP contribution in [0.5, 0.6) is 5.88 Å². The number of alkyl halides is 3. The Hall–Kier alpha value is -1.20. The Balaban J connectivity index is 2.43. The van der Waals surface area contributed by atoms with Crippen LogP contribution in [-0.4, -0.2) is 16.4 Å². The number of aryl methyl sites for hydroxylation is 1. The second-order valence-electron chi connectivity index (χ2n) is 2.79. The van der Waals surface area contributed by atoms with E-state index in [9.17, 15) is 13.2 Å². The normalized spacial score (nSPS) is 16.5. The Labute approximate surface area is 72.1 Å². The molecule has 0 radical (unpaired) electrons. The summed E-state index contributed by atoms with van der Waals surface area (Å²) in [7, 11) is 0. The molecule has 1 aromatic rings. The van der Waals surface area contributed by atoms with E-state index in [4.69, 9.17) is 4.74 Å². The van der Waals surface area contributed by atoms with Crippen molar-refractivity contribution in [2.45, 2.75) is 19.1 Å². The van der Waals surface area contributed by atoms with E-state index in [-0.39, 0.29) is 5.88 Å². The van der Waals surface area contributed by atoms with Gasteiger partial charge in [0.25, 0.3) is 0 Å². The second-order valence-corrected chi connectivity index (χ2v) is 2.79. The van der Waals surface area contributed by atoms with Crippen LogP contribution < -0.4 is 4.74 Å². The lowest BCUT2D eigenvalue weighted by atomic mass is 10.3. The lowest BCUT2D eigenvalue weighted by Crippen LogP contribution is -2.17. The minimum Gasteiger partial charge on any atom is -0.477 e. The molecule has 6 heteroatoms. The van der Waals surface area contributed by atoms with Crippen LogP contribution in [0.2, 0.25) is 0 Å². The van der Waals surface area contributed by atoms with Crippen LogP contribution in [-0.2, 0) is 12.7 Å². The van der Waals surface area contributed by atoms with Crippen LogP contribution in [0.1, 0.15) is 12.0 Å². The van der Waals surface area contributed by atoms with E-state index >= 15 is 0 Å². The summed E-state index contributed by atoms with van der Waals surface area (Å²) in [4.78, 5) is 0. The Kier molecular flexibility index (Phi) is 1.71. The molecule has 0 aliphatic carbocycles. The van der Waals surface area contributed by atoms with Crippen molar-refractivity contribution in [3.8, 4) is 5.88 Å². The van der Waals surface area contributed by atoms with E-state index in [1.54, 1.807) is 0 Å². The molecule has 1 aromatic heterocycles. The molecule has 0 unspecified atom stereocenters. The Morgan fingerprint density at radius 2 is 2.23 bits per heavy atom. The van der Waals surface area contributed by atoms with Gasteiger partial charge in [-0.2, -0.15) is 18.3 Å². The third-order valence-electron chi connectivity index (χ3n) is 1.85. The van der Waals surface area contributed by atoms with Crippen molar-refractivity contribution in [2.75, 3.05) is 6.61 Å². The topological polar surface area (TPSA) is 27.1 Å². The summed E-state index contributed by atoms with van der Waals surface area (Å²) in [5.41, 5.74) is -0.785. The summed E-state index contributed by atoms with van der Waals surface area (Å²) in [6.07, 6.45) is -2.86. The summed E-state index contributed by atoms with van der Waals surface area (Å²) < 4.78 is 43.0. The number of aromatic nitrogens is 2. The molecule has 1 aliphatic rings. The first-order valence-electron chi connectivity index (χ1n) is 3.85. The zero-order valence-electron chi connectivity index (χ0n) is 6.64. The van der Waals surface area contributed by atoms with Crippen molar-refractivity contribution in [1.82, 2.24) is 9.78 Å². The van der Waals surface area contributed by atoms with Crippen LogP contribution in [0, 0.1) is 0 Å². The fourth-order valence-electron chi connectivity index (χ4n) is 1.26. The fourth-order valence-corrected chi connectivity index (χ4v) is 1.26. The molecule has 72 valence electrons. The molecule has 13 heavy (non-hydrogen) atoms. The first-order chi connectivity index (χ1) is 6.09. The Morgan fingerprint density at radius 1 is 1.46 bits per heavy atom. The van der Waals surface area contributed by atoms with Gasteiger partial charge in [0.15, 0.2) is 0 Å². The lowest BCUT2D eigenvalue weighted by molar-refractivity contribution is -0.139. The molecule has 0 atom stereocenters. The van der Waals surface area contributed by atoms with Crippen LogP contribution >= 0.6 is 0 Å². The molecule has 0 saturated carbocycles. The van der Waals surface area contributed by atoms with Crippen molar-refractivity contribution in [1.29, 1.82) is 0 Å². The summed E-state index contributed by atoms with van der Waals surface area (Å²) in [6.45, 7) is 0.820. The van der Waals surface area contributed by atoms with Gasteiger partial charge < -0.3 is 4.74 Å². The van der Waals surface area contributed by atoms with Gasteiger partial charge >= 0.3 is 6.18 Å². The number of halogens is 3. The molecular weight excluding hydrogens is 185 g/mol. The predicted molar refractivity (Wildman–Crippen MR) is 37.3 cm³/mol. The van der Waals surface area contributed by atoms with Crippen molar-refractivity contribution in [2.24, 2.45) is 0 Å². The number of hydrogen-bond donors (Lipinski definition) is 0. The highest BCUT2D eigenvalue weighted by Gasteiger charge is 2.38. The largest absolute Gasteiger partial charge is 0.477 e. The molecule has 0 bridgehead atoms. The van der Waals surface area contributed by atoms with Gasteiger partial charge in [0.1, 0.15) is 5.56 Å². The monoisotopic (exact) mass is 192 g/mol. The molecule has 0 spiro atoms. The summed E-state index contributed by atoms with van der Waals surface area (Å²) in [6, 6.07) is 0. The summed E-state index contributed by atoms with van der Waals surface area (Å²) in [5.74, 6) is -0.154. The van der Waals surface area contributed by atoms with Gasteiger partial charge in [-0.3, -0.25) is 0 Å². The van der Waals surface area contributed by atoms with Gasteiger partial charge in [0, 0.05) is 13.0 Å². The van der Waals surface area contributed by atoms with Gasteiger partial charge in [-0.25, -0.2) is 4.68 Å². The Bertz CT molecular complexity index is 318. The van der Waals surface area contributed by atoms with Crippen LogP contribution in [0.3, 0.4) is 0 Å². The van der Waals surface area contributed by atoms with E-state index in [1.165, 1.54) is 4.68 Å². The van der Waals surface area contributed by atoms with Gasteiger partial charge in [0.05, 0.1) is 12.8 Å². The summed E-state index contributed by atoms with van der Waals surface area (Å²) >= 11 is 0. The number of nitrogens with zero attached hydrogens (tertiary/aromatic N) is 2. The quantitative estimate of drug-likeness (QED) is 0.625. The number of fused-ring (bicyclic) bond motifs is 1. The Morgan fingerprint density at radius 3 is 2.92 bits per heavy atom. The van der Waals surface area contributed by atoms with Crippen molar-refractivity contribution in [3.05, 3.63) is 11.8 Å². The van der Waals surface area contributed by atoms with Gasteiger partial charge in [-0.1, -0.05) is 0 Å². The molecule has 3 nitrogen and oxygen atoms in total. The summed E-state index contributed by atoms with van der Waals surface area (Å²) in [5, 5.41) is 3.59. The molecule has 2 rings (SSSR count). The fraction of sp³-hybridized carbons (Fsp3) is 0.571. The molecular formula is C7H7F3N2O. The molecule has 0 amide bonds. The lowest BCUT2D eigenvalue weighted by Gasteiger charge is -2.16. The molecule has 0 fully saturated rings. The maximum absolute atomic E-state index is 12.3. The first-order valence-corrected chi connectivity index (χ1v) is 3.85. The third-order valence-corrected chi connectivity index (χ3v) is 1.85. The number of ether oxygens (including phenoxy) is 1. The first kappa shape index (κ1) is 8.40. The van der Waals surface area contributed by atoms with Crippen molar-refractivity contribution in [3.63, 3.8) is 0 Å². The SMILES string of the molecule is FC(F)(F)c1cnn2c1OCCC2. The zero-order valence-corrected chi connectivity index (χ0v) is 6.64. The molecule has 1 aliphatic heterocycles. The number of hydrogen-bond acceptors (Lipinski definition) is 2. The van der Waals surface area contributed by atoms with E-state index < -0.39 is 11.7 Å². The van der Waals surface area contributed by atoms with E-state index in [2.05, 4.69) is 5.10 Å². The average molecular weight is 192 g/mol. The van der Waals surface area contributed by atoms with E-state index in [0.29, 0.717) is 19.6 Å². The van der Waals surface area contributed by atoms with Crippen LogP contribution in [0.15, 0.2) is 6.20 Å². The average Bonchev–Trinajstić information content (AvgIpc) is 2.45. The van der Waals surface area contributed by atoms with Gasteiger partial charge in [-0.15, -0.1) is 0 Å². The maximum Gasteiger partial charge on any atom is 0.423 e. The molecule has 0 N–H and O–H groups in total. The van der Waals surface area contributed by atoms with Crippen molar-refractivity contribution >= 4 is 0 Å². The van der Waals surface area contributed by atoms with Crippen molar-refractivity contribution < 1.29 is 17.9 Å². The minimum atomic E-state index is -4.37. The minimum absolute atomic E-state index is 0.154. The van der Waals surface area contributed by atoms with Gasteiger partial charge in [-0.05, 0) is 0 Å². The van der Waals surface area contributed by atoms with E-state index in [0.717, 1.165) is 6.20 Å². The maximum atomic E-state index is 12.3. The van der Waals surface area contributed by atoms with Crippen LogP contribution in [0.4, 0.5) is 13.2 Å². The molecule has 0 saturated heterocycles. The van der Waals surface area contributed by atoms with Gasteiger partial charge in [0.2, 0.25) is 5.88 Å². The second kappa shape index (κ2) is 2.65. The smallest absolute Gasteiger partial charge is 0.423 e. The number of rotatable bonds is 0. The highest BCUT2D eigenvalue weighted by atomic mass is 19.4. The highest BCUT2D eigenvalue weighted by molar-refractivity contribution is 5.27. The molecule has 0 aromatic carbocycles. The third kappa shape index (κ3) is 1.36. The zero-order chi connectivity index (χ0) is 9.47.